The van der Waals surface area contributed by atoms with Gasteiger partial charge in [0.2, 0.25) is 0 Å². The quantitative estimate of drug-likeness (QED) is 0.596. The van der Waals surface area contributed by atoms with Crippen molar-refractivity contribution in [1.29, 1.82) is 0 Å². The van der Waals surface area contributed by atoms with Gasteiger partial charge in [0.25, 0.3) is 0 Å². The number of anilines is 2. The zero-order valence-corrected chi connectivity index (χ0v) is 10.7. The maximum Gasteiger partial charge on any atom is 0.160 e. The summed E-state index contributed by atoms with van der Waals surface area (Å²) in [4.78, 5) is 9.42. The molecule has 4 N–H and O–H groups in total. The molecule has 0 amide bonds. The summed E-state index contributed by atoms with van der Waals surface area (Å²) in [6.07, 6.45) is 3.22. The predicted molar refractivity (Wildman–Crippen MR) is 69.2 cm³/mol. The van der Waals surface area contributed by atoms with E-state index in [9.17, 15) is 0 Å². The Bertz CT molecular complexity index is 472. The average molecular weight is 300 g/mol. The van der Waals surface area contributed by atoms with Crippen LogP contribution in [-0.4, -0.2) is 9.97 Å². The molecule has 0 saturated carbocycles. The van der Waals surface area contributed by atoms with E-state index in [1.165, 1.54) is 4.88 Å². The summed E-state index contributed by atoms with van der Waals surface area (Å²) in [5, 5.41) is 5.21. The Morgan fingerprint density at radius 3 is 2.88 bits per heavy atom. The van der Waals surface area contributed by atoms with Crippen molar-refractivity contribution >= 4 is 38.9 Å². The number of rotatable bonds is 4. The number of aromatic nitrogens is 2. The third-order valence-electron chi connectivity index (χ3n) is 1.85. The molecule has 0 radical (unpaired) electrons. The summed E-state index contributed by atoms with van der Waals surface area (Å²) in [5.74, 6) is 6.48. The highest BCUT2D eigenvalue weighted by atomic mass is 79.9. The van der Waals surface area contributed by atoms with E-state index in [0.717, 1.165) is 11.0 Å². The van der Waals surface area contributed by atoms with Gasteiger partial charge in [-0.1, -0.05) is 0 Å². The van der Waals surface area contributed by atoms with Crippen molar-refractivity contribution in [1.82, 2.24) is 9.97 Å². The molecular weight excluding hydrogens is 290 g/mol. The molecule has 0 fully saturated rings. The van der Waals surface area contributed by atoms with E-state index in [4.69, 9.17) is 5.84 Å². The molecule has 2 rings (SSSR count). The monoisotopic (exact) mass is 299 g/mol. The van der Waals surface area contributed by atoms with Crippen LogP contribution in [0.5, 0.6) is 0 Å². The van der Waals surface area contributed by atoms with Crippen LogP contribution in [0.4, 0.5) is 11.6 Å². The van der Waals surface area contributed by atoms with Crippen LogP contribution in [-0.2, 0) is 6.54 Å². The topological polar surface area (TPSA) is 75.9 Å². The second-order valence-corrected chi connectivity index (χ2v) is 4.93. The van der Waals surface area contributed by atoms with Gasteiger partial charge in [0.05, 0.1) is 18.9 Å². The fraction of sp³-hybridized carbons (Fsp3) is 0.111. The second-order valence-electron chi connectivity index (χ2n) is 3.02. The van der Waals surface area contributed by atoms with Crippen LogP contribution in [0.3, 0.4) is 0 Å². The Hall–Kier alpha value is -1.18. The fourth-order valence-electron chi connectivity index (χ4n) is 1.14. The van der Waals surface area contributed by atoms with Gasteiger partial charge in [-0.3, -0.25) is 4.98 Å². The van der Waals surface area contributed by atoms with Crippen LogP contribution in [0.25, 0.3) is 0 Å². The van der Waals surface area contributed by atoms with E-state index in [0.29, 0.717) is 11.6 Å². The van der Waals surface area contributed by atoms with E-state index in [1.54, 1.807) is 23.7 Å². The number of nitrogen functional groups attached to an aromatic ring is 1. The Kier molecular flexibility index (Phi) is 3.70. The summed E-state index contributed by atoms with van der Waals surface area (Å²) in [7, 11) is 0. The number of nitrogens with one attached hydrogen (secondary N) is 2. The molecule has 0 aromatic carbocycles. The van der Waals surface area contributed by atoms with Crippen LogP contribution < -0.4 is 16.6 Å². The minimum absolute atomic E-state index is 0.539. The molecule has 7 heteroatoms. The number of nitrogens with zero attached hydrogens (tertiary/aromatic N) is 2. The summed E-state index contributed by atoms with van der Waals surface area (Å²) in [6.45, 7) is 0.721. The van der Waals surface area contributed by atoms with E-state index in [2.05, 4.69) is 42.7 Å². The Labute approximate surface area is 105 Å². The van der Waals surface area contributed by atoms with Gasteiger partial charge in [-0.05, 0) is 22.0 Å². The highest BCUT2D eigenvalue weighted by Gasteiger charge is 1.99. The molecule has 0 aliphatic carbocycles. The largest absolute Gasteiger partial charge is 0.364 e. The van der Waals surface area contributed by atoms with Crippen molar-refractivity contribution < 1.29 is 0 Å². The molecule has 2 aromatic rings. The van der Waals surface area contributed by atoms with Gasteiger partial charge in [0.1, 0.15) is 5.82 Å². The second kappa shape index (κ2) is 5.24. The molecule has 2 heterocycles. The average Bonchev–Trinajstić information content (AvgIpc) is 2.73. The number of hydrogen-bond donors (Lipinski definition) is 3. The molecule has 5 nitrogen and oxygen atoms in total. The van der Waals surface area contributed by atoms with Crippen molar-refractivity contribution in [2.45, 2.75) is 6.54 Å². The van der Waals surface area contributed by atoms with E-state index < -0.39 is 0 Å². The van der Waals surface area contributed by atoms with Crippen molar-refractivity contribution in [2.24, 2.45) is 5.84 Å². The molecule has 0 atom stereocenters. The maximum absolute atomic E-state index is 5.24. The lowest BCUT2D eigenvalue weighted by atomic mass is 10.4. The first kappa shape index (κ1) is 11.3. The SMILES string of the molecule is NNc1cncc(NCc2cc(Br)cs2)n1. The number of hydrazine groups is 1. The minimum Gasteiger partial charge on any atom is -0.364 e. The van der Waals surface area contributed by atoms with Crippen LogP contribution in [0.1, 0.15) is 4.88 Å². The molecule has 0 spiro atoms. The third-order valence-corrected chi connectivity index (χ3v) is 3.55. The molecule has 0 aliphatic rings. The Morgan fingerprint density at radius 1 is 1.38 bits per heavy atom. The van der Waals surface area contributed by atoms with Gasteiger partial charge in [-0.2, -0.15) is 0 Å². The van der Waals surface area contributed by atoms with Crippen molar-refractivity contribution in [3.05, 3.63) is 33.2 Å². The molecular formula is C9H10BrN5S. The summed E-state index contributed by atoms with van der Waals surface area (Å²) < 4.78 is 1.10. The van der Waals surface area contributed by atoms with Gasteiger partial charge in [0.15, 0.2) is 5.82 Å². The molecule has 84 valence electrons. The van der Waals surface area contributed by atoms with Gasteiger partial charge in [-0.15, -0.1) is 11.3 Å². The van der Waals surface area contributed by atoms with E-state index >= 15 is 0 Å². The Morgan fingerprint density at radius 2 is 2.19 bits per heavy atom. The number of nitrogens with two attached hydrogens (primary N) is 1. The van der Waals surface area contributed by atoms with Crippen LogP contribution in [0, 0.1) is 0 Å². The minimum atomic E-state index is 0.539. The Balaban J connectivity index is 1.99. The zero-order chi connectivity index (χ0) is 11.4. The highest BCUT2D eigenvalue weighted by molar-refractivity contribution is 9.10. The van der Waals surface area contributed by atoms with Crippen molar-refractivity contribution in [3.63, 3.8) is 0 Å². The molecule has 0 unspecified atom stereocenters. The van der Waals surface area contributed by atoms with Crippen LogP contribution in [0.15, 0.2) is 28.3 Å². The lowest BCUT2D eigenvalue weighted by molar-refractivity contribution is 1.09. The molecule has 0 saturated heterocycles. The van der Waals surface area contributed by atoms with Crippen LogP contribution >= 0.6 is 27.3 Å². The fourth-order valence-corrected chi connectivity index (χ4v) is 2.54. The van der Waals surface area contributed by atoms with E-state index in [1.807, 2.05) is 5.38 Å². The first-order valence-electron chi connectivity index (χ1n) is 4.53. The lowest BCUT2D eigenvalue weighted by Gasteiger charge is -2.04. The highest BCUT2D eigenvalue weighted by Crippen LogP contribution is 2.20. The third kappa shape index (κ3) is 2.91. The predicted octanol–water partition coefficient (Wildman–Crippen LogP) is 2.20. The van der Waals surface area contributed by atoms with Crippen LogP contribution in [0.2, 0.25) is 0 Å². The van der Waals surface area contributed by atoms with Gasteiger partial charge in [-0.25, -0.2) is 10.8 Å². The molecule has 0 bridgehead atoms. The smallest absolute Gasteiger partial charge is 0.160 e. The summed E-state index contributed by atoms with van der Waals surface area (Å²) >= 11 is 5.09. The number of halogens is 1. The molecule has 16 heavy (non-hydrogen) atoms. The van der Waals surface area contributed by atoms with Crippen molar-refractivity contribution in [3.8, 4) is 0 Å². The van der Waals surface area contributed by atoms with Crippen molar-refractivity contribution in [2.75, 3.05) is 10.7 Å². The standard InChI is InChI=1S/C9H10BrN5S/c10-6-1-7(16-5-6)2-13-8-3-12-4-9(14-8)15-11/h1,3-5H,2,11H2,(H2,13,14,15). The first-order chi connectivity index (χ1) is 7.78. The summed E-state index contributed by atoms with van der Waals surface area (Å²) in [6, 6.07) is 2.07. The van der Waals surface area contributed by atoms with E-state index in [-0.39, 0.29) is 0 Å². The van der Waals surface area contributed by atoms with Gasteiger partial charge >= 0.3 is 0 Å². The number of thiophene rings is 1. The summed E-state index contributed by atoms with van der Waals surface area (Å²) in [5.41, 5.74) is 2.45. The number of hydrogen-bond acceptors (Lipinski definition) is 6. The van der Waals surface area contributed by atoms with Gasteiger partial charge in [0, 0.05) is 14.7 Å². The van der Waals surface area contributed by atoms with Gasteiger partial charge < -0.3 is 10.7 Å². The first-order valence-corrected chi connectivity index (χ1v) is 6.20. The zero-order valence-electron chi connectivity index (χ0n) is 8.27. The lowest BCUT2D eigenvalue weighted by Crippen LogP contribution is -2.10. The molecule has 0 aliphatic heterocycles. The normalized spacial score (nSPS) is 10.1. The maximum atomic E-state index is 5.24. The molecule has 2 aromatic heterocycles.